The molecule has 0 bridgehead atoms. The molecule has 1 saturated heterocycles. The van der Waals surface area contributed by atoms with Crippen molar-refractivity contribution in [3.05, 3.63) is 28.2 Å². The Morgan fingerprint density at radius 2 is 2.15 bits per heavy atom. The average molecular weight is 341 g/mol. The molecular formula is C15H21BrN2O2. The largest absolute Gasteiger partial charge is 0.483 e. The van der Waals surface area contributed by atoms with Crippen LogP contribution in [0.3, 0.4) is 0 Å². The second-order valence-electron chi connectivity index (χ2n) is 4.91. The number of hydrogen-bond acceptors (Lipinski definition) is 3. The van der Waals surface area contributed by atoms with Gasteiger partial charge in [-0.1, -0.05) is 22.9 Å². The molecule has 1 amide bonds. The first-order valence-electron chi connectivity index (χ1n) is 7.10. The van der Waals surface area contributed by atoms with E-state index in [2.05, 4.69) is 28.2 Å². The van der Waals surface area contributed by atoms with Gasteiger partial charge in [-0.2, -0.15) is 0 Å². The summed E-state index contributed by atoms with van der Waals surface area (Å²) >= 11 is 3.46. The van der Waals surface area contributed by atoms with Crippen LogP contribution < -0.4 is 10.1 Å². The Bertz CT molecular complexity index is 459. The first-order chi connectivity index (χ1) is 9.70. The number of nitrogens with one attached hydrogen (secondary N) is 1. The maximum absolute atomic E-state index is 12.0. The number of hydrogen-bond donors (Lipinski definition) is 1. The lowest BCUT2D eigenvalue weighted by molar-refractivity contribution is -0.132. The molecule has 1 aromatic rings. The minimum Gasteiger partial charge on any atom is -0.483 e. The molecule has 1 fully saturated rings. The molecule has 4 nitrogen and oxygen atoms in total. The van der Waals surface area contributed by atoms with Gasteiger partial charge in [-0.3, -0.25) is 4.79 Å². The molecule has 20 heavy (non-hydrogen) atoms. The van der Waals surface area contributed by atoms with Crippen molar-refractivity contribution >= 4 is 21.8 Å². The van der Waals surface area contributed by atoms with Crippen molar-refractivity contribution < 1.29 is 9.53 Å². The molecule has 0 aliphatic carbocycles. The Hall–Kier alpha value is -1.07. The molecule has 1 N–H and O–H groups in total. The molecular weight excluding hydrogens is 320 g/mol. The van der Waals surface area contributed by atoms with Crippen LogP contribution in [0.1, 0.15) is 25.3 Å². The Labute approximate surface area is 128 Å². The number of halogens is 1. The Kier molecular flexibility index (Phi) is 5.86. The highest BCUT2D eigenvalue weighted by Gasteiger charge is 2.18. The van der Waals surface area contributed by atoms with Gasteiger partial charge in [-0.25, -0.2) is 0 Å². The molecule has 0 unspecified atom stereocenters. The van der Waals surface area contributed by atoms with E-state index in [9.17, 15) is 4.79 Å². The van der Waals surface area contributed by atoms with Crippen molar-refractivity contribution in [3.8, 4) is 5.75 Å². The van der Waals surface area contributed by atoms with E-state index in [0.29, 0.717) is 0 Å². The van der Waals surface area contributed by atoms with Crippen molar-refractivity contribution in [2.75, 3.05) is 26.2 Å². The molecule has 0 atom stereocenters. The van der Waals surface area contributed by atoms with E-state index in [4.69, 9.17) is 4.74 Å². The van der Waals surface area contributed by atoms with Gasteiger partial charge in [-0.15, -0.1) is 0 Å². The van der Waals surface area contributed by atoms with Crippen LogP contribution in [-0.2, 0) is 11.3 Å². The SMILES string of the molecule is CCNCc1cc(Br)ccc1OCC(=O)N1CCCC1. The van der Waals surface area contributed by atoms with E-state index in [1.807, 2.05) is 23.1 Å². The topological polar surface area (TPSA) is 41.6 Å². The van der Waals surface area contributed by atoms with E-state index in [1.54, 1.807) is 0 Å². The maximum Gasteiger partial charge on any atom is 0.260 e. The summed E-state index contributed by atoms with van der Waals surface area (Å²) in [6.45, 7) is 5.57. The predicted molar refractivity (Wildman–Crippen MR) is 82.8 cm³/mol. The van der Waals surface area contributed by atoms with Crippen LogP contribution in [0.4, 0.5) is 0 Å². The van der Waals surface area contributed by atoms with Gasteiger partial charge in [-0.05, 0) is 37.6 Å². The zero-order valence-electron chi connectivity index (χ0n) is 11.8. The van der Waals surface area contributed by atoms with Gasteiger partial charge in [0, 0.05) is 29.7 Å². The quantitative estimate of drug-likeness (QED) is 0.865. The first kappa shape index (κ1) is 15.3. The van der Waals surface area contributed by atoms with Crippen molar-refractivity contribution in [2.45, 2.75) is 26.3 Å². The van der Waals surface area contributed by atoms with Gasteiger partial charge < -0.3 is 15.0 Å². The number of amides is 1. The zero-order chi connectivity index (χ0) is 14.4. The van der Waals surface area contributed by atoms with Gasteiger partial charge in [0.05, 0.1) is 0 Å². The summed E-state index contributed by atoms with van der Waals surface area (Å²) in [4.78, 5) is 13.9. The van der Waals surface area contributed by atoms with E-state index in [1.165, 1.54) is 0 Å². The first-order valence-corrected chi connectivity index (χ1v) is 7.89. The minimum atomic E-state index is 0.0832. The summed E-state index contributed by atoms with van der Waals surface area (Å²) in [6.07, 6.45) is 2.21. The highest BCUT2D eigenvalue weighted by molar-refractivity contribution is 9.10. The van der Waals surface area contributed by atoms with E-state index in [-0.39, 0.29) is 12.5 Å². The van der Waals surface area contributed by atoms with Crippen LogP contribution in [0.15, 0.2) is 22.7 Å². The third-order valence-corrected chi connectivity index (χ3v) is 3.89. The van der Waals surface area contributed by atoms with Crippen LogP contribution in [0, 0.1) is 0 Å². The third-order valence-electron chi connectivity index (χ3n) is 3.40. The number of nitrogens with zero attached hydrogens (tertiary/aromatic N) is 1. The molecule has 0 spiro atoms. The van der Waals surface area contributed by atoms with Crippen molar-refractivity contribution in [3.63, 3.8) is 0 Å². The summed E-state index contributed by atoms with van der Waals surface area (Å²) in [6, 6.07) is 5.87. The highest BCUT2D eigenvalue weighted by atomic mass is 79.9. The van der Waals surface area contributed by atoms with Gasteiger partial charge in [0.15, 0.2) is 6.61 Å². The third kappa shape index (κ3) is 4.21. The lowest BCUT2D eigenvalue weighted by Crippen LogP contribution is -2.32. The average Bonchev–Trinajstić information content (AvgIpc) is 2.98. The Morgan fingerprint density at radius 3 is 2.85 bits per heavy atom. The van der Waals surface area contributed by atoms with Crippen LogP contribution >= 0.6 is 15.9 Å². The molecule has 1 heterocycles. The fourth-order valence-corrected chi connectivity index (χ4v) is 2.69. The molecule has 110 valence electrons. The summed E-state index contributed by atoms with van der Waals surface area (Å²) in [7, 11) is 0. The molecule has 1 aromatic carbocycles. The molecule has 1 aliphatic heterocycles. The van der Waals surface area contributed by atoms with Gasteiger partial charge in [0.1, 0.15) is 5.75 Å². The number of carbonyl (C=O) groups excluding carboxylic acids is 1. The number of rotatable bonds is 6. The number of carbonyl (C=O) groups is 1. The molecule has 0 saturated carbocycles. The summed E-state index contributed by atoms with van der Waals surface area (Å²) < 4.78 is 6.73. The van der Waals surface area contributed by atoms with Crippen LogP contribution in [0.2, 0.25) is 0 Å². The molecule has 0 radical (unpaired) electrons. The van der Waals surface area contributed by atoms with Gasteiger partial charge in [0.2, 0.25) is 0 Å². The fraction of sp³-hybridized carbons (Fsp3) is 0.533. The second-order valence-corrected chi connectivity index (χ2v) is 5.82. The fourth-order valence-electron chi connectivity index (χ4n) is 2.28. The standard InChI is InChI=1S/C15H21BrN2O2/c1-2-17-10-12-9-13(16)5-6-14(12)20-11-15(19)18-7-3-4-8-18/h5-6,9,17H,2-4,7-8,10-11H2,1H3. The number of likely N-dealkylation sites (tertiary alicyclic amines) is 1. The van der Waals surface area contributed by atoms with Crippen LogP contribution in [-0.4, -0.2) is 37.0 Å². The van der Waals surface area contributed by atoms with Crippen molar-refractivity contribution in [1.29, 1.82) is 0 Å². The smallest absolute Gasteiger partial charge is 0.260 e. The summed E-state index contributed by atoms with van der Waals surface area (Å²) in [5, 5.41) is 3.28. The number of benzene rings is 1. The minimum absolute atomic E-state index is 0.0832. The second kappa shape index (κ2) is 7.64. The van der Waals surface area contributed by atoms with E-state index in [0.717, 1.165) is 54.8 Å². The zero-order valence-corrected chi connectivity index (χ0v) is 13.4. The Balaban J connectivity index is 1.95. The number of ether oxygens (including phenoxy) is 1. The summed E-state index contributed by atoms with van der Waals surface area (Å²) in [5.41, 5.74) is 1.07. The Morgan fingerprint density at radius 1 is 1.40 bits per heavy atom. The monoisotopic (exact) mass is 340 g/mol. The van der Waals surface area contributed by atoms with Crippen LogP contribution in [0.5, 0.6) is 5.75 Å². The van der Waals surface area contributed by atoms with Gasteiger partial charge >= 0.3 is 0 Å². The van der Waals surface area contributed by atoms with Crippen molar-refractivity contribution in [2.24, 2.45) is 0 Å². The molecule has 1 aliphatic rings. The summed E-state index contributed by atoms with van der Waals surface area (Å²) in [5.74, 6) is 0.863. The normalized spacial score (nSPS) is 14.6. The van der Waals surface area contributed by atoms with E-state index < -0.39 is 0 Å². The van der Waals surface area contributed by atoms with E-state index >= 15 is 0 Å². The van der Waals surface area contributed by atoms with Crippen molar-refractivity contribution in [1.82, 2.24) is 10.2 Å². The highest BCUT2D eigenvalue weighted by Crippen LogP contribution is 2.23. The predicted octanol–water partition coefficient (Wildman–Crippen LogP) is 2.56. The lowest BCUT2D eigenvalue weighted by atomic mass is 10.2. The molecule has 5 heteroatoms. The maximum atomic E-state index is 12.0. The molecule has 2 rings (SSSR count). The van der Waals surface area contributed by atoms with Crippen LogP contribution in [0.25, 0.3) is 0 Å². The molecule has 0 aromatic heterocycles. The lowest BCUT2D eigenvalue weighted by Gasteiger charge is -2.17. The van der Waals surface area contributed by atoms with Gasteiger partial charge in [0.25, 0.3) is 5.91 Å².